The summed E-state index contributed by atoms with van der Waals surface area (Å²) in [4.78, 5) is 29.3. The molecule has 7 nitrogen and oxygen atoms in total. The van der Waals surface area contributed by atoms with Crippen LogP contribution in [0.25, 0.3) is 11.0 Å². The van der Waals surface area contributed by atoms with Crippen LogP contribution in [-0.4, -0.2) is 31.8 Å². The summed E-state index contributed by atoms with van der Waals surface area (Å²) in [5.74, 6) is -0.634. The number of benzene rings is 2. The van der Waals surface area contributed by atoms with E-state index in [2.05, 4.69) is 15.4 Å². The lowest BCUT2D eigenvalue weighted by atomic mass is 10.1. The molecular weight excluding hydrogens is 423 g/mol. The Labute approximate surface area is 180 Å². The molecule has 2 aromatic heterocycles. The summed E-state index contributed by atoms with van der Waals surface area (Å²) in [6.07, 6.45) is -1.67. The molecule has 1 N–H and O–H groups in total. The van der Waals surface area contributed by atoms with Gasteiger partial charge in [-0.2, -0.15) is 18.3 Å². The van der Waals surface area contributed by atoms with E-state index in [4.69, 9.17) is 0 Å². The fourth-order valence-electron chi connectivity index (χ4n) is 3.27. The lowest BCUT2D eigenvalue weighted by Crippen LogP contribution is -2.28. The second-order valence-electron chi connectivity index (χ2n) is 7.10. The number of halogens is 3. The molecule has 0 unspecified atom stereocenters. The molecule has 4 rings (SSSR count). The lowest BCUT2D eigenvalue weighted by molar-refractivity contribution is -0.137. The fraction of sp³-hybridized carbons (Fsp3) is 0.182. The Bertz CT molecular complexity index is 1310. The SMILES string of the molecule is O=C(NCCn1ncc2c(=O)n(Cc3ccccc3)cnc21)c1cccc(C(F)(F)F)c1. The zero-order valence-corrected chi connectivity index (χ0v) is 16.7. The maximum Gasteiger partial charge on any atom is 0.416 e. The van der Waals surface area contributed by atoms with Crippen LogP contribution in [0.2, 0.25) is 0 Å². The Morgan fingerprint density at radius 3 is 2.59 bits per heavy atom. The van der Waals surface area contributed by atoms with Crippen molar-refractivity contribution in [3.63, 3.8) is 0 Å². The van der Waals surface area contributed by atoms with E-state index in [1.807, 2.05) is 30.3 Å². The third kappa shape index (κ3) is 4.53. The minimum absolute atomic E-state index is 0.0907. The van der Waals surface area contributed by atoms with Gasteiger partial charge in [0.25, 0.3) is 11.5 Å². The zero-order valence-electron chi connectivity index (χ0n) is 16.7. The highest BCUT2D eigenvalue weighted by Gasteiger charge is 2.30. The Balaban J connectivity index is 1.43. The molecule has 1 amide bonds. The Morgan fingerprint density at radius 1 is 1.06 bits per heavy atom. The summed E-state index contributed by atoms with van der Waals surface area (Å²) in [5, 5.41) is 7.06. The number of nitrogens with one attached hydrogen (secondary N) is 1. The average Bonchev–Trinajstić information content (AvgIpc) is 3.19. The van der Waals surface area contributed by atoms with Crippen molar-refractivity contribution in [3.05, 3.63) is 94.2 Å². The molecule has 0 aliphatic heterocycles. The van der Waals surface area contributed by atoms with Crippen molar-refractivity contribution in [1.29, 1.82) is 0 Å². The molecule has 0 aliphatic rings. The van der Waals surface area contributed by atoms with E-state index in [0.29, 0.717) is 17.6 Å². The van der Waals surface area contributed by atoms with Crippen LogP contribution in [0.1, 0.15) is 21.5 Å². The zero-order chi connectivity index (χ0) is 22.7. The molecule has 0 fully saturated rings. The molecular formula is C22H18F3N5O2. The number of hydrogen-bond acceptors (Lipinski definition) is 4. The molecule has 0 saturated carbocycles. The third-order valence-electron chi connectivity index (χ3n) is 4.88. The second-order valence-corrected chi connectivity index (χ2v) is 7.10. The van der Waals surface area contributed by atoms with E-state index in [9.17, 15) is 22.8 Å². The summed E-state index contributed by atoms with van der Waals surface area (Å²) in [7, 11) is 0. The first-order chi connectivity index (χ1) is 15.3. The van der Waals surface area contributed by atoms with Gasteiger partial charge in [-0.1, -0.05) is 36.4 Å². The summed E-state index contributed by atoms with van der Waals surface area (Å²) in [5.41, 5.74) is 0.109. The van der Waals surface area contributed by atoms with Crippen molar-refractivity contribution < 1.29 is 18.0 Å². The standard InChI is InChI=1S/C22H18F3N5O2/c23-22(24,25)17-8-4-7-16(11-17)20(31)26-9-10-30-19-18(12-28-30)21(32)29(14-27-19)13-15-5-2-1-3-6-15/h1-8,11-12,14H,9-10,13H2,(H,26,31). The largest absolute Gasteiger partial charge is 0.416 e. The maximum absolute atomic E-state index is 12.8. The summed E-state index contributed by atoms with van der Waals surface area (Å²) in [6, 6.07) is 13.7. The molecule has 0 aliphatic carbocycles. The monoisotopic (exact) mass is 441 g/mol. The molecule has 164 valence electrons. The first-order valence-corrected chi connectivity index (χ1v) is 9.73. The van der Waals surface area contributed by atoms with Gasteiger partial charge in [0.15, 0.2) is 5.65 Å². The number of amides is 1. The van der Waals surface area contributed by atoms with E-state index >= 15 is 0 Å². The molecule has 0 atom stereocenters. The van der Waals surface area contributed by atoms with Crippen LogP contribution in [0.5, 0.6) is 0 Å². The van der Waals surface area contributed by atoms with Gasteiger partial charge < -0.3 is 5.32 Å². The van der Waals surface area contributed by atoms with Gasteiger partial charge in [-0.05, 0) is 23.8 Å². The molecule has 0 spiro atoms. The highest BCUT2D eigenvalue weighted by molar-refractivity contribution is 5.94. The fourth-order valence-corrected chi connectivity index (χ4v) is 3.27. The van der Waals surface area contributed by atoms with Gasteiger partial charge in [-0.15, -0.1) is 0 Å². The van der Waals surface area contributed by atoms with Gasteiger partial charge in [0.05, 0.1) is 24.8 Å². The van der Waals surface area contributed by atoms with Crippen LogP contribution in [0.4, 0.5) is 13.2 Å². The van der Waals surface area contributed by atoms with E-state index in [-0.39, 0.29) is 24.2 Å². The van der Waals surface area contributed by atoms with Crippen molar-refractivity contribution >= 4 is 16.9 Å². The van der Waals surface area contributed by atoms with Crippen molar-refractivity contribution in [2.45, 2.75) is 19.3 Å². The van der Waals surface area contributed by atoms with Crippen LogP contribution < -0.4 is 10.9 Å². The molecule has 4 aromatic rings. The molecule has 0 radical (unpaired) electrons. The van der Waals surface area contributed by atoms with Crippen molar-refractivity contribution in [1.82, 2.24) is 24.6 Å². The Hall–Kier alpha value is -3.95. The molecule has 0 bridgehead atoms. The van der Waals surface area contributed by atoms with Gasteiger partial charge >= 0.3 is 6.18 Å². The van der Waals surface area contributed by atoms with Crippen LogP contribution in [0.3, 0.4) is 0 Å². The number of rotatable bonds is 6. The Morgan fingerprint density at radius 2 is 1.84 bits per heavy atom. The van der Waals surface area contributed by atoms with Gasteiger partial charge in [0.2, 0.25) is 0 Å². The quantitative estimate of drug-likeness (QED) is 0.499. The summed E-state index contributed by atoms with van der Waals surface area (Å²) < 4.78 is 41.4. The number of carbonyl (C=O) groups is 1. The van der Waals surface area contributed by atoms with Crippen molar-refractivity contribution in [2.75, 3.05) is 6.54 Å². The van der Waals surface area contributed by atoms with E-state index < -0.39 is 17.6 Å². The number of fused-ring (bicyclic) bond motifs is 1. The minimum Gasteiger partial charge on any atom is -0.350 e. The van der Waals surface area contributed by atoms with Crippen LogP contribution in [-0.2, 0) is 19.3 Å². The highest BCUT2D eigenvalue weighted by Crippen LogP contribution is 2.29. The number of nitrogens with zero attached hydrogens (tertiary/aromatic N) is 4. The molecule has 10 heteroatoms. The second kappa shape index (κ2) is 8.66. The van der Waals surface area contributed by atoms with Crippen LogP contribution in [0, 0.1) is 0 Å². The summed E-state index contributed by atoms with van der Waals surface area (Å²) in [6.45, 7) is 0.671. The van der Waals surface area contributed by atoms with Crippen LogP contribution >= 0.6 is 0 Å². The summed E-state index contributed by atoms with van der Waals surface area (Å²) >= 11 is 0. The molecule has 2 aromatic carbocycles. The average molecular weight is 441 g/mol. The first-order valence-electron chi connectivity index (χ1n) is 9.73. The van der Waals surface area contributed by atoms with E-state index in [0.717, 1.165) is 17.7 Å². The third-order valence-corrected chi connectivity index (χ3v) is 4.88. The molecule has 32 heavy (non-hydrogen) atoms. The molecule has 2 heterocycles. The number of carbonyl (C=O) groups excluding carboxylic acids is 1. The van der Waals surface area contributed by atoms with E-state index in [1.54, 1.807) is 0 Å². The predicted molar refractivity (Wildman–Crippen MR) is 111 cm³/mol. The van der Waals surface area contributed by atoms with Crippen LogP contribution in [0.15, 0.2) is 71.9 Å². The topological polar surface area (TPSA) is 81.8 Å². The van der Waals surface area contributed by atoms with Gasteiger partial charge in [-0.3, -0.25) is 14.2 Å². The van der Waals surface area contributed by atoms with Crippen molar-refractivity contribution in [2.24, 2.45) is 0 Å². The molecule has 0 saturated heterocycles. The highest BCUT2D eigenvalue weighted by atomic mass is 19.4. The number of hydrogen-bond donors (Lipinski definition) is 1. The van der Waals surface area contributed by atoms with Gasteiger partial charge in [0.1, 0.15) is 11.7 Å². The normalized spacial score (nSPS) is 11.6. The minimum atomic E-state index is -4.52. The predicted octanol–water partition coefficient (Wildman–Crippen LogP) is 3.09. The Kier molecular flexibility index (Phi) is 5.76. The number of alkyl halides is 3. The smallest absolute Gasteiger partial charge is 0.350 e. The maximum atomic E-state index is 12.8. The number of aromatic nitrogens is 4. The lowest BCUT2D eigenvalue weighted by Gasteiger charge is -2.10. The van der Waals surface area contributed by atoms with Gasteiger partial charge in [-0.25, -0.2) is 9.67 Å². The first kappa shape index (κ1) is 21.3. The van der Waals surface area contributed by atoms with Crippen molar-refractivity contribution in [3.8, 4) is 0 Å². The van der Waals surface area contributed by atoms with Gasteiger partial charge in [0, 0.05) is 12.1 Å². The van der Waals surface area contributed by atoms with E-state index in [1.165, 1.54) is 33.9 Å².